The summed E-state index contributed by atoms with van der Waals surface area (Å²) in [5.74, 6) is 0.499. The molecule has 0 unspecified atom stereocenters. The smallest absolute Gasteiger partial charge is 0.270 e. The van der Waals surface area contributed by atoms with Crippen LogP contribution in [-0.4, -0.2) is 27.8 Å². The fourth-order valence-electron chi connectivity index (χ4n) is 3.03. The van der Waals surface area contributed by atoms with E-state index in [1.807, 2.05) is 54.6 Å². The lowest BCUT2D eigenvalue weighted by Crippen LogP contribution is -2.25. The molecule has 150 valence electrons. The fourth-order valence-corrected chi connectivity index (χ4v) is 3.24. The Labute approximate surface area is 179 Å². The van der Waals surface area contributed by atoms with E-state index in [9.17, 15) is 4.79 Å². The van der Waals surface area contributed by atoms with Gasteiger partial charge in [-0.05, 0) is 60.2 Å². The molecule has 0 bridgehead atoms. The molecule has 0 spiro atoms. The SMILES string of the molecule is COc1ccc(-c2cc(C(=O)NCc3ccncc3)n(-c3ccccc3Cl)n2)cc1. The van der Waals surface area contributed by atoms with Crippen molar-refractivity contribution in [2.75, 3.05) is 7.11 Å². The summed E-state index contributed by atoms with van der Waals surface area (Å²) in [7, 11) is 1.62. The number of benzene rings is 2. The van der Waals surface area contributed by atoms with Gasteiger partial charge in [-0.25, -0.2) is 4.68 Å². The largest absolute Gasteiger partial charge is 0.497 e. The van der Waals surface area contributed by atoms with Crippen LogP contribution in [0, 0.1) is 0 Å². The number of carbonyl (C=O) groups is 1. The summed E-state index contributed by atoms with van der Waals surface area (Å²) >= 11 is 6.39. The lowest BCUT2D eigenvalue weighted by Gasteiger charge is -2.09. The summed E-state index contributed by atoms with van der Waals surface area (Å²) in [4.78, 5) is 17.0. The van der Waals surface area contributed by atoms with Crippen molar-refractivity contribution in [2.45, 2.75) is 6.54 Å². The molecule has 2 aromatic heterocycles. The maximum absolute atomic E-state index is 13.0. The quantitative estimate of drug-likeness (QED) is 0.499. The van der Waals surface area contributed by atoms with Crippen molar-refractivity contribution in [2.24, 2.45) is 0 Å². The van der Waals surface area contributed by atoms with Gasteiger partial charge in [-0.1, -0.05) is 23.7 Å². The van der Waals surface area contributed by atoms with Crippen molar-refractivity contribution in [1.82, 2.24) is 20.1 Å². The monoisotopic (exact) mass is 418 g/mol. The zero-order chi connectivity index (χ0) is 20.9. The molecule has 2 heterocycles. The highest BCUT2D eigenvalue weighted by Gasteiger charge is 2.19. The van der Waals surface area contributed by atoms with Gasteiger partial charge in [0.2, 0.25) is 0 Å². The normalized spacial score (nSPS) is 10.6. The number of ether oxygens (including phenoxy) is 1. The van der Waals surface area contributed by atoms with E-state index in [-0.39, 0.29) is 5.91 Å². The van der Waals surface area contributed by atoms with E-state index in [4.69, 9.17) is 16.3 Å². The Morgan fingerprint density at radius 2 is 1.80 bits per heavy atom. The minimum absolute atomic E-state index is 0.251. The van der Waals surface area contributed by atoms with Crippen LogP contribution < -0.4 is 10.1 Å². The number of pyridine rings is 1. The second kappa shape index (κ2) is 8.80. The summed E-state index contributed by atoms with van der Waals surface area (Å²) in [6, 6.07) is 20.3. The van der Waals surface area contributed by atoms with Crippen molar-refractivity contribution in [3.8, 4) is 22.7 Å². The average Bonchev–Trinajstić information content (AvgIpc) is 3.24. The number of halogens is 1. The van der Waals surface area contributed by atoms with Crippen molar-refractivity contribution in [3.63, 3.8) is 0 Å². The third-order valence-corrected chi connectivity index (χ3v) is 4.93. The standard InChI is InChI=1S/C23H19ClN4O2/c1-30-18-8-6-17(7-9-18)20-14-22(23(29)26-15-16-10-12-25-13-11-16)28(27-20)21-5-3-2-4-19(21)24/h2-14H,15H2,1H3,(H,26,29). The fraction of sp³-hybridized carbons (Fsp3) is 0.0870. The minimum Gasteiger partial charge on any atom is -0.497 e. The Balaban J connectivity index is 1.70. The number of amides is 1. The Morgan fingerprint density at radius 1 is 1.07 bits per heavy atom. The minimum atomic E-state index is -0.251. The van der Waals surface area contributed by atoms with Crippen LogP contribution in [0.3, 0.4) is 0 Å². The van der Waals surface area contributed by atoms with Gasteiger partial charge in [0.15, 0.2) is 0 Å². The van der Waals surface area contributed by atoms with Gasteiger partial charge in [0.25, 0.3) is 5.91 Å². The molecule has 1 N–H and O–H groups in total. The molecular formula is C23H19ClN4O2. The van der Waals surface area contributed by atoms with Crippen LogP contribution in [0.5, 0.6) is 5.75 Å². The number of aromatic nitrogens is 3. The van der Waals surface area contributed by atoms with Gasteiger partial charge in [0, 0.05) is 24.5 Å². The van der Waals surface area contributed by atoms with E-state index in [2.05, 4.69) is 15.4 Å². The van der Waals surface area contributed by atoms with E-state index >= 15 is 0 Å². The zero-order valence-corrected chi connectivity index (χ0v) is 17.0. The maximum Gasteiger partial charge on any atom is 0.270 e. The van der Waals surface area contributed by atoms with Crippen LogP contribution in [0.4, 0.5) is 0 Å². The van der Waals surface area contributed by atoms with Crippen molar-refractivity contribution in [1.29, 1.82) is 0 Å². The first-order valence-corrected chi connectivity index (χ1v) is 9.70. The number of hydrogen-bond acceptors (Lipinski definition) is 4. The molecule has 1 amide bonds. The molecule has 0 atom stereocenters. The lowest BCUT2D eigenvalue weighted by molar-refractivity contribution is 0.0943. The molecule has 0 aliphatic heterocycles. The van der Waals surface area contributed by atoms with Gasteiger partial charge in [0.05, 0.1) is 23.5 Å². The number of nitrogens with zero attached hydrogens (tertiary/aromatic N) is 3. The van der Waals surface area contributed by atoms with E-state index in [0.29, 0.717) is 28.6 Å². The van der Waals surface area contributed by atoms with Crippen molar-refractivity contribution >= 4 is 17.5 Å². The first-order chi connectivity index (χ1) is 14.7. The van der Waals surface area contributed by atoms with Crippen LogP contribution in [0.25, 0.3) is 16.9 Å². The molecule has 0 aliphatic rings. The molecule has 0 fully saturated rings. The first kappa shape index (κ1) is 19.7. The number of para-hydroxylation sites is 1. The Kier molecular flexibility index (Phi) is 5.77. The number of methoxy groups -OCH3 is 1. The Bertz CT molecular complexity index is 1160. The number of rotatable bonds is 6. The van der Waals surface area contributed by atoms with Crippen molar-refractivity contribution in [3.05, 3.63) is 95.4 Å². The van der Waals surface area contributed by atoms with Gasteiger partial charge in [-0.3, -0.25) is 9.78 Å². The van der Waals surface area contributed by atoms with Gasteiger partial charge in [0.1, 0.15) is 11.4 Å². The maximum atomic E-state index is 13.0. The van der Waals surface area contributed by atoms with E-state index in [1.165, 1.54) is 0 Å². The topological polar surface area (TPSA) is 69.0 Å². The number of carbonyl (C=O) groups excluding carboxylic acids is 1. The molecule has 0 aliphatic carbocycles. The average molecular weight is 419 g/mol. The molecule has 0 saturated heterocycles. The van der Waals surface area contributed by atoms with Crippen LogP contribution in [0.1, 0.15) is 16.1 Å². The highest BCUT2D eigenvalue weighted by molar-refractivity contribution is 6.32. The lowest BCUT2D eigenvalue weighted by atomic mass is 10.1. The molecular weight excluding hydrogens is 400 g/mol. The van der Waals surface area contributed by atoms with E-state index in [0.717, 1.165) is 16.9 Å². The first-order valence-electron chi connectivity index (χ1n) is 9.32. The van der Waals surface area contributed by atoms with Gasteiger partial charge >= 0.3 is 0 Å². The number of hydrogen-bond donors (Lipinski definition) is 1. The highest BCUT2D eigenvalue weighted by atomic mass is 35.5. The summed E-state index contributed by atoms with van der Waals surface area (Å²) in [6.07, 6.45) is 3.38. The molecule has 4 aromatic rings. The molecule has 0 saturated carbocycles. The zero-order valence-electron chi connectivity index (χ0n) is 16.2. The summed E-state index contributed by atoms with van der Waals surface area (Å²) in [5.41, 5.74) is 3.50. The summed E-state index contributed by atoms with van der Waals surface area (Å²) < 4.78 is 6.79. The molecule has 2 aromatic carbocycles. The number of nitrogens with one attached hydrogen (secondary N) is 1. The third kappa shape index (κ3) is 4.18. The summed E-state index contributed by atoms with van der Waals surface area (Å²) in [5, 5.41) is 8.11. The molecule has 0 radical (unpaired) electrons. The predicted octanol–water partition coefficient (Wildman–Crippen LogP) is 4.53. The molecule has 6 nitrogen and oxygen atoms in total. The molecule has 7 heteroatoms. The van der Waals surface area contributed by atoms with E-state index in [1.54, 1.807) is 36.3 Å². The van der Waals surface area contributed by atoms with Gasteiger partial charge in [-0.15, -0.1) is 0 Å². The second-order valence-corrected chi connectivity index (χ2v) is 6.95. The van der Waals surface area contributed by atoms with Gasteiger partial charge in [-0.2, -0.15) is 5.10 Å². The van der Waals surface area contributed by atoms with Crippen LogP contribution in [-0.2, 0) is 6.54 Å². The third-order valence-electron chi connectivity index (χ3n) is 4.61. The summed E-state index contributed by atoms with van der Waals surface area (Å²) in [6.45, 7) is 0.382. The Hall–Kier alpha value is -3.64. The Morgan fingerprint density at radius 3 is 2.50 bits per heavy atom. The predicted molar refractivity (Wildman–Crippen MR) is 116 cm³/mol. The van der Waals surface area contributed by atoms with E-state index < -0.39 is 0 Å². The molecule has 4 rings (SSSR count). The van der Waals surface area contributed by atoms with Crippen LogP contribution >= 0.6 is 11.6 Å². The molecule has 30 heavy (non-hydrogen) atoms. The van der Waals surface area contributed by atoms with Crippen LogP contribution in [0.15, 0.2) is 79.1 Å². The van der Waals surface area contributed by atoms with Gasteiger partial charge < -0.3 is 10.1 Å². The highest BCUT2D eigenvalue weighted by Crippen LogP contribution is 2.26. The van der Waals surface area contributed by atoms with Crippen LogP contribution in [0.2, 0.25) is 5.02 Å². The second-order valence-electron chi connectivity index (χ2n) is 6.54. The van der Waals surface area contributed by atoms with Crippen molar-refractivity contribution < 1.29 is 9.53 Å².